The molecule has 5 aliphatic rings. The fourth-order valence-corrected chi connectivity index (χ4v) is 3.19. The largest absolute Gasteiger partial charge is 0.334 e. The van der Waals surface area contributed by atoms with Crippen molar-refractivity contribution in [3.63, 3.8) is 0 Å². The second kappa shape index (κ2) is 1.83. The van der Waals surface area contributed by atoms with Crippen LogP contribution < -0.4 is 0 Å². The molecule has 0 radical (unpaired) electrons. The predicted molar refractivity (Wildman–Crippen MR) is 30.2 cm³/mol. The molecule has 0 aromatic rings. The minimum atomic E-state index is -6.16. The summed E-state index contributed by atoms with van der Waals surface area (Å²) in [6, 6.07) is 0. The molecule has 0 aromatic heterocycles. The molecule has 0 heterocycles. The highest BCUT2D eigenvalue weighted by Gasteiger charge is 3.32. The Hall–Kier alpha value is -0.700. The van der Waals surface area contributed by atoms with Gasteiger partial charge in [-0.1, -0.05) is 0 Å². The Bertz CT molecular complexity index is 418. The molecule has 98 valence electrons. The highest BCUT2D eigenvalue weighted by molar-refractivity contribution is 5.67. The summed E-state index contributed by atoms with van der Waals surface area (Å²) in [6.07, 6.45) is 0. The van der Waals surface area contributed by atoms with Gasteiger partial charge in [-0.15, -0.1) is 0 Å². The third-order valence-corrected chi connectivity index (χ3v) is 4.02. The molecule has 0 aliphatic heterocycles. The van der Waals surface area contributed by atoms with Crippen molar-refractivity contribution in [3.05, 3.63) is 0 Å². The Morgan fingerprint density at radius 1 is 0.294 bits per heavy atom. The monoisotopic (exact) mass is 274 g/mol. The van der Waals surface area contributed by atoms with E-state index in [1.165, 1.54) is 0 Å². The minimum Gasteiger partial charge on any atom is -0.229 e. The van der Waals surface area contributed by atoms with Crippen LogP contribution in [0.4, 0.5) is 43.9 Å². The Kier molecular flexibility index (Phi) is 1.23. The average Bonchev–Trinajstić information content (AvgIpc) is 2.37. The Balaban J connectivity index is 2.42. The molecule has 0 saturated heterocycles. The van der Waals surface area contributed by atoms with Crippen LogP contribution in [-0.2, 0) is 0 Å². The smallest absolute Gasteiger partial charge is 0.229 e. The highest BCUT2D eigenvalue weighted by atomic mass is 19.3. The minimum absolute atomic E-state index is 5.55. The normalized spacial score (nSPS) is 63.9. The lowest BCUT2D eigenvalue weighted by molar-refractivity contribution is -0.489. The number of alkyl halides is 10. The van der Waals surface area contributed by atoms with Crippen molar-refractivity contribution >= 4 is 0 Å². The van der Waals surface area contributed by atoms with E-state index in [9.17, 15) is 43.9 Å². The van der Waals surface area contributed by atoms with Crippen molar-refractivity contribution in [1.29, 1.82) is 0 Å². The van der Waals surface area contributed by atoms with E-state index in [0.717, 1.165) is 0 Å². The van der Waals surface area contributed by atoms with Crippen LogP contribution in [0, 0.1) is 0 Å². The summed E-state index contributed by atoms with van der Waals surface area (Å²) in [4.78, 5) is 0. The summed E-state index contributed by atoms with van der Waals surface area (Å²) in [5, 5.41) is 0. The van der Waals surface area contributed by atoms with Gasteiger partial charge < -0.3 is 0 Å². The molecular weight excluding hydrogens is 274 g/mol. The topological polar surface area (TPSA) is 0 Å². The summed E-state index contributed by atoms with van der Waals surface area (Å²) in [7, 11) is 0. The molecule has 5 saturated carbocycles. The number of hydrogen-bond acceptors (Lipinski definition) is 0. The first-order valence-corrected chi connectivity index (χ1v) is 4.14. The molecule has 0 N–H and O–H groups in total. The standard InChI is InChI=1S/C7F10/c8-1-2(9)4(11,5(1,12)13)7(16,17)3(1,10)6(2,14)15. The second-order valence-electron chi connectivity index (χ2n) is 4.36. The fourth-order valence-electron chi connectivity index (χ4n) is 3.19. The van der Waals surface area contributed by atoms with E-state index in [0.29, 0.717) is 0 Å². The zero-order valence-electron chi connectivity index (χ0n) is 7.28. The maximum absolute atomic E-state index is 13.2. The van der Waals surface area contributed by atoms with Crippen LogP contribution in [0.3, 0.4) is 0 Å². The lowest BCUT2D eigenvalue weighted by Crippen LogP contribution is -2.99. The predicted octanol–water partition coefficient (Wildman–Crippen LogP) is 2.77. The van der Waals surface area contributed by atoms with Crippen LogP contribution in [0.15, 0.2) is 0 Å². The summed E-state index contributed by atoms with van der Waals surface area (Å²) >= 11 is 0. The number of hydrogen-bond donors (Lipinski definition) is 0. The maximum Gasteiger partial charge on any atom is 0.334 e. The third kappa shape index (κ3) is 0.420. The lowest BCUT2D eigenvalue weighted by Gasteiger charge is -2.65. The molecule has 4 unspecified atom stereocenters. The van der Waals surface area contributed by atoms with E-state index in [2.05, 4.69) is 0 Å². The molecule has 5 rings (SSSR count). The van der Waals surface area contributed by atoms with Gasteiger partial charge in [0.05, 0.1) is 0 Å². The van der Waals surface area contributed by atoms with Crippen molar-refractivity contribution in [2.24, 2.45) is 0 Å². The van der Waals surface area contributed by atoms with Gasteiger partial charge in [0.15, 0.2) is 0 Å². The Morgan fingerprint density at radius 2 is 0.471 bits per heavy atom. The van der Waals surface area contributed by atoms with Crippen LogP contribution in [0.25, 0.3) is 0 Å². The van der Waals surface area contributed by atoms with Gasteiger partial charge in [-0.05, 0) is 0 Å². The summed E-state index contributed by atoms with van der Waals surface area (Å²) < 4.78 is 129. The first-order valence-electron chi connectivity index (χ1n) is 4.14. The highest BCUT2D eigenvalue weighted by Crippen LogP contribution is 2.97. The lowest BCUT2D eigenvalue weighted by atomic mass is 9.47. The molecular formula is C7F10. The van der Waals surface area contributed by atoms with Crippen molar-refractivity contribution in [2.75, 3.05) is 0 Å². The van der Waals surface area contributed by atoms with E-state index in [1.807, 2.05) is 0 Å². The summed E-state index contributed by atoms with van der Waals surface area (Å²) in [6.45, 7) is 0. The molecule has 4 atom stereocenters. The number of rotatable bonds is 0. The van der Waals surface area contributed by atoms with Crippen LogP contribution in [-0.4, -0.2) is 40.4 Å². The zero-order valence-corrected chi connectivity index (χ0v) is 7.28. The van der Waals surface area contributed by atoms with E-state index in [1.54, 1.807) is 0 Å². The van der Waals surface area contributed by atoms with Gasteiger partial charge in [0.25, 0.3) is 22.7 Å². The van der Waals surface area contributed by atoms with Crippen LogP contribution in [0.2, 0.25) is 0 Å². The fraction of sp³-hybridized carbons (Fsp3) is 1.00. The van der Waals surface area contributed by atoms with Crippen molar-refractivity contribution < 1.29 is 43.9 Å². The van der Waals surface area contributed by atoms with Gasteiger partial charge in [0, 0.05) is 0 Å². The van der Waals surface area contributed by atoms with Crippen molar-refractivity contribution in [2.45, 2.75) is 40.4 Å². The van der Waals surface area contributed by atoms with Gasteiger partial charge >= 0.3 is 17.8 Å². The van der Waals surface area contributed by atoms with Crippen molar-refractivity contribution in [1.82, 2.24) is 0 Å². The van der Waals surface area contributed by atoms with E-state index in [4.69, 9.17) is 0 Å². The summed E-state index contributed by atoms with van der Waals surface area (Å²) in [5.74, 6) is -17.9. The molecule has 17 heavy (non-hydrogen) atoms. The molecule has 10 heteroatoms. The second-order valence-corrected chi connectivity index (χ2v) is 4.36. The van der Waals surface area contributed by atoms with Gasteiger partial charge in [-0.3, -0.25) is 0 Å². The summed E-state index contributed by atoms with van der Waals surface area (Å²) in [5.41, 5.74) is -22.8. The van der Waals surface area contributed by atoms with E-state index >= 15 is 0 Å². The molecule has 0 spiro atoms. The third-order valence-electron chi connectivity index (χ3n) is 4.02. The maximum atomic E-state index is 13.2. The van der Waals surface area contributed by atoms with Crippen LogP contribution in [0.5, 0.6) is 0 Å². The van der Waals surface area contributed by atoms with Crippen LogP contribution in [0.1, 0.15) is 0 Å². The average molecular weight is 274 g/mol. The van der Waals surface area contributed by atoms with Gasteiger partial charge in [0.2, 0.25) is 0 Å². The van der Waals surface area contributed by atoms with E-state index < -0.39 is 40.4 Å². The van der Waals surface area contributed by atoms with Crippen LogP contribution >= 0.6 is 0 Å². The molecule has 4 bridgehead atoms. The number of halogens is 10. The molecule has 0 aromatic carbocycles. The van der Waals surface area contributed by atoms with Gasteiger partial charge in [-0.25, -0.2) is 17.6 Å². The zero-order chi connectivity index (χ0) is 13.5. The Labute approximate surface area is 85.6 Å². The molecule has 0 amide bonds. The molecule has 0 nitrogen and oxygen atoms in total. The van der Waals surface area contributed by atoms with Crippen molar-refractivity contribution in [3.8, 4) is 0 Å². The van der Waals surface area contributed by atoms with Gasteiger partial charge in [-0.2, -0.15) is 26.3 Å². The molecule has 5 fully saturated rings. The first kappa shape index (κ1) is 11.4. The van der Waals surface area contributed by atoms with E-state index in [-0.39, 0.29) is 0 Å². The SMILES string of the molecule is FC1(F)C2(F)C(F)(F)C3(F)C1(F)C(F)(F)C23F. The quantitative estimate of drug-likeness (QED) is 0.596. The Morgan fingerprint density at radius 3 is 0.588 bits per heavy atom. The first-order chi connectivity index (χ1) is 7.25. The molecule has 5 aliphatic carbocycles. The van der Waals surface area contributed by atoms with Gasteiger partial charge in [0.1, 0.15) is 0 Å².